The number of nitrogens with two attached hydrogens (primary N) is 2. The maximum atomic E-state index is 12.8. The second-order valence-corrected chi connectivity index (χ2v) is 2.13. The summed E-state index contributed by atoms with van der Waals surface area (Å²) in [6.45, 7) is 0. The van der Waals surface area contributed by atoms with E-state index < -0.39 is 11.6 Å². The number of halogens is 3. The monoisotopic (exact) mass is 299 g/mol. The number of benzene rings is 1. The molecule has 0 saturated carbocycles. The summed E-state index contributed by atoms with van der Waals surface area (Å²) in [5.41, 5.74) is 9.92. The first-order valence-electron chi connectivity index (χ1n) is 3.14. The Kier molecular flexibility index (Phi) is 4.60. The minimum atomic E-state index is -0.789. The molecule has 0 bridgehead atoms. The smallest absolute Gasteiger partial charge is 0.191 e. The first kappa shape index (κ1) is 12.1. The lowest BCUT2D eigenvalue weighted by Crippen LogP contribution is -2.22. The van der Waals surface area contributed by atoms with E-state index in [-0.39, 0.29) is 35.6 Å². The van der Waals surface area contributed by atoms with Gasteiger partial charge in [0.25, 0.3) is 0 Å². The summed E-state index contributed by atoms with van der Waals surface area (Å²) in [6.07, 6.45) is 0. The van der Waals surface area contributed by atoms with Crippen molar-refractivity contribution in [2.45, 2.75) is 0 Å². The summed E-state index contributed by atoms with van der Waals surface area (Å²) < 4.78 is 25.1. The van der Waals surface area contributed by atoms with Crippen LogP contribution in [0.2, 0.25) is 0 Å². The van der Waals surface area contributed by atoms with Crippen LogP contribution in [0.3, 0.4) is 0 Å². The molecule has 0 unspecified atom stereocenters. The summed E-state index contributed by atoms with van der Waals surface area (Å²) in [7, 11) is 0. The van der Waals surface area contributed by atoms with Gasteiger partial charge in [-0.25, -0.2) is 13.8 Å². The molecule has 1 rings (SSSR count). The molecule has 0 aromatic heterocycles. The Labute approximate surface area is 90.8 Å². The maximum Gasteiger partial charge on any atom is 0.191 e. The highest BCUT2D eigenvalue weighted by atomic mass is 127. The third-order valence-corrected chi connectivity index (χ3v) is 1.16. The standard InChI is InChI=1S/C7H7F2N3.HI/c8-4-1-2-6(5(9)3-4)12-7(10)11;/h1-3H,(H4,10,11,12);1H. The highest BCUT2D eigenvalue weighted by molar-refractivity contribution is 14.0. The van der Waals surface area contributed by atoms with Crippen molar-refractivity contribution in [1.82, 2.24) is 0 Å². The third kappa shape index (κ3) is 3.53. The third-order valence-electron chi connectivity index (χ3n) is 1.16. The molecule has 0 aliphatic rings. The lowest BCUT2D eigenvalue weighted by atomic mass is 10.3. The number of hydrogen-bond acceptors (Lipinski definition) is 1. The molecule has 0 aliphatic heterocycles. The Morgan fingerprint density at radius 3 is 2.31 bits per heavy atom. The summed E-state index contributed by atoms with van der Waals surface area (Å²) in [5.74, 6) is -1.72. The van der Waals surface area contributed by atoms with Crippen LogP contribution in [-0.2, 0) is 0 Å². The zero-order chi connectivity index (χ0) is 9.14. The van der Waals surface area contributed by atoms with Gasteiger partial charge in [-0.1, -0.05) is 0 Å². The van der Waals surface area contributed by atoms with E-state index >= 15 is 0 Å². The van der Waals surface area contributed by atoms with E-state index in [0.717, 1.165) is 12.1 Å². The molecule has 13 heavy (non-hydrogen) atoms. The minimum absolute atomic E-state index is 0. The Morgan fingerprint density at radius 1 is 1.23 bits per heavy atom. The second kappa shape index (κ2) is 4.95. The van der Waals surface area contributed by atoms with Gasteiger partial charge in [-0.15, -0.1) is 24.0 Å². The molecule has 72 valence electrons. The molecule has 0 amide bonds. The van der Waals surface area contributed by atoms with E-state index in [4.69, 9.17) is 11.5 Å². The molecular weight excluding hydrogens is 291 g/mol. The van der Waals surface area contributed by atoms with E-state index in [2.05, 4.69) is 4.99 Å². The van der Waals surface area contributed by atoms with Crippen molar-refractivity contribution in [3.8, 4) is 0 Å². The predicted molar refractivity (Wildman–Crippen MR) is 57.2 cm³/mol. The average molecular weight is 299 g/mol. The van der Waals surface area contributed by atoms with Crippen LogP contribution in [0.4, 0.5) is 14.5 Å². The van der Waals surface area contributed by atoms with Gasteiger partial charge in [0, 0.05) is 6.07 Å². The number of hydrogen-bond donors (Lipinski definition) is 2. The van der Waals surface area contributed by atoms with E-state index in [9.17, 15) is 8.78 Å². The van der Waals surface area contributed by atoms with Gasteiger partial charge >= 0.3 is 0 Å². The molecule has 3 nitrogen and oxygen atoms in total. The van der Waals surface area contributed by atoms with E-state index in [0.29, 0.717) is 6.07 Å². The van der Waals surface area contributed by atoms with E-state index in [1.54, 1.807) is 0 Å². The Hall–Kier alpha value is -0.920. The van der Waals surface area contributed by atoms with Crippen LogP contribution in [0.5, 0.6) is 0 Å². The van der Waals surface area contributed by atoms with Gasteiger partial charge in [-0.2, -0.15) is 0 Å². The minimum Gasteiger partial charge on any atom is -0.370 e. The van der Waals surface area contributed by atoms with E-state index in [1.807, 2.05) is 0 Å². The fourth-order valence-electron chi connectivity index (χ4n) is 0.711. The van der Waals surface area contributed by atoms with Crippen molar-refractivity contribution >= 4 is 35.6 Å². The largest absolute Gasteiger partial charge is 0.370 e. The van der Waals surface area contributed by atoms with Gasteiger partial charge in [-0.3, -0.25) is 0 Å². The fourth-order valence-corrected chi connectivity index (χ4v) is 0.711. The molecule has 0 spiro atoms. The fraction of sp³-hybridized carbons (Fsp3) is 0. The Bertz CT molecular complexity index is 324. The molecule has 0 saturated heterocycles. The van der Waals surface area contributed by atoms with Crippen molar-refractivity contribution in [3.63, 3.8) is 0 Å². The molecule has 0 atom stereocenters. The number of nitrogens with zero attached hydrogens (tertiary/aromatic N) is 1. The lowest BCUT2D eigenvalue weighted by molar-refractivity contribution is 0.585. The Balaban J connectivity index is 0.00000144. The SMILES string of the molecule is I.NC(N)=Nc1ccc(F)cc1F. The molecule has 0 heterocycles. The second-order valence-electron chi connectivity index (χ2n) is 2.13. The van der Waals surface area contributed by atoms with Crippen LogP contribution in [0.25, 0.3) is 0 Å². The molecule has 0 radical (unpaired) electrons. The van der Waals surface area contributed by atoms with Gasteiger partial charge in [0.05, 0.1) is 0 Å². The van der Waals surface area contributed by atoms with Crippen LogP contribution in [0, 0.1) is 11.6 Å². The zero-order valence-corrected chi connectivity index (χ0v) is 8.83. The van der Waals surface area contributed by atoms with Crippen molar-refractivity contribution in [2.75, 3.05) is 0 Å². The van der Waals surface area contributed by atoms with Crippen LogP contribution in [-0.4, -0.2) is 5.96 Å². The van der Waals surface area contributed by atoms with Gasteiger partial charge in [0.1, 0.15) is 11.5 Å². The van der Waals surface area contributed by atoms with Crippen LogP contribution < -0.4 is 11.5 Å². The normalized spacial score (nSPS) is 8.77. The highest BCUT2D eigenvalue weighted by Crippen LogP contribution is 2.17. The van der Waals surface area contributed by atoms with Crippen LogP contribution >= 0.6 is 24.0 Å². The van der Waals surface area contributed by atoms with Gasteiger partial charge in [-0.05, 0) is 12.1 Å². The van der Waals surface area contributed by atoms with Crippen molar-refractivity contribution < 1.29 is 8.78 Å². The zero-order valence-electron chi connectivity index (χ0n) is 6.50. The maximum absolute atomic E-state index is 12.8. The van der Waals surface area contributed by atoms with E-state index in [1.165, 1.54) is 0 Å². The number of rotatable bonds is 1. The molecule has 6 heteroatoms. The van der Waals surface area contributed by atoms with Crippen molar-refractivity contribution in [3.05, 3.63) is 29.8 Å². The molecular formula is C7H8F2IN3. The first-order valence-corrected chi connectivity index (χ1v) is 3.14. The van der Waals surface area contributed by atoms with Crippen LogP contribution in [0.1, 0.15) is 0 Å². The Morgan fingerprint density at radius 2 is 1.85 bits per heavy atom. The topological polar surface area (TPSA) is 64.4 Å². The van der Waals surface area contributed by atoms with Crippen molar-refractivity contribution in [1.29, 1.82) is 0 Å². The predicted octanol–water partition coefficient (Wildman–Crippen LogP) is 1.49. The van der Waals surface area contributed by atoms with Gasteiger partial charge in [0.15, 0.2) is 11.8 Å². The summed E-state index contributed by atoms with van der Waals surface area (Å²) in [6, 6.07) is 2.94. The number of aliphatic imine (C=N–C) groups is 1. The lowest BCUT2D eigenvalue weighted by Gasteiger charge is -1.96. The first-order chi connectivity index (χ1) is 5.59. The number of guanidine groups is 1. The van der Waals surface area contributed by atoms with Gasteiger partial charge < -0.3 is 11.5 Å². The van der Waals surface area contributed by atoms with Crippen LogP contribution in [0.15, 0.2) is 23.2 Å². The molecule has 0 aliphatic carbocycles. The molecule has 0 fully saturated rings. The quantitative estimate of drug-likeness (QED) is 0.469. The summed E-state index contributed by atoms with van der Waals surface area (Å²) >= 11 is 0. The summed E-state index contributed by atoms with van der Waals surface area (Å²) in [4.78, 5) is 3.43. The summed E-state index contributed by atoms with van der Waals surface area (Å²) in [5, 5.41) is 0. The van der Waals surface area contributed by atoms with Gasteiger partial charge in [0.2, 0.25) is 0 Å². The average Bonchev–Trinajstić information content (AvgIpc) is 1.94. The molecule has 1 aromatic rings. The highest BCUT2D eigenvalue weighted by Gasteiger charge is 2.01. The molecule has 1 aromatic carbocycles. The molecule has 4 N–H and O–H groups in total. The van der Waals surface area contributed by atoms with Crippen molar-refractivity contribution in [2.24, 2.45) is 16.5 Å².